The zero-order valence-electron chi connectivity index (χ0n) is 12.3. The largest absolute Gasteiger partial charge is 0.491 e. The topological polar surface area (TPSA) is 63.7 Å². The number of methoxy groups -OCH3 is 1. The summed E-state index contributed by atoms with van der Waals surface area (Å²) in [5, 5.41) is 0. The molecule has 0 aromatic heterocycles. The molecule has 122 valence electrons. The van der Waals surface area contributed by atoms with E-state index in [2.05, 4.69) is 4.74 Å². The third-order valence-electron chi connectivity index (χ3n) is 3.73. The summed E-state index contributed by atoms with van der Waals surface area (Å²) in [5.41, 5.74) is -0.329. The van der Waals surface area contributed by atoms with Crippen LogP contribution in [0.25, 0.3) is 0 Å². The second kappa shape index (κ2) is 6.20. The van der Waals surface area contributed by atoms with E-state index in [0.717, 1.165) is 19.2 Å². The maximum atomic E-state index is 14.2. The van der Waals surface area contributed by atoms with Crippen LogP contribution < -0.4 is 4.74 Å². The molecule has 5 nitrogen and oxygen atoms in total. The predicted octanol–water partition coefficient (Wildman–Crippen LogP) is 1.62. The Morgan fingerprint density at radius 1 is 1.41 bits per heavy atom. The number of rotatable bonds is 4. The van der Waals surface area contributed by atoms with E-state index < -0.39 is 39.2 Å². The number of hydrogen-bond donors (Lipinski definition) is 0. The quantitative estimate of drug-likeness (QED) is 0.840. The molecule has 0 radical (unpaired) electrons. The van der Waals surface area contributed by atoms with Gasteiger partial charge in [-0.15, -0.1) is 0 Å². The number of hydrogen-bond acceptors (Lipinski definition) is 4. The molecule has 1 aromatic rings. The molecule has 1 saturated heterocycles. The lowest BCUT2D eigenvalue weighted by Crippen LogP contribution is -2.41. The second-order valence-electron chi connectivity index (χ2n) is 5.09. The Morgan fingerprint density at radius 3 is 2.59 bits per heavy atom. The lowest BCUT2D eigenvalue weighted by Gasteiger charge is -2.27. The summed E-state index contributed by atoms with van der Waals surface area (Å²) >= 11 is 0. The third kappa shape index (κ3) is 3.06. The van der Waals surface area contributed by atoms with E-state index in [1.165, 1.54) is 4.90 Å². The van der Waals surface area contributed by atoms with E-state index in [-0.39, 0.29) is 23.6 Å². The Hall–Kier alpha value is -1.70. The second-order valence-corrected chi connectivity index (χ2v) is 7.32. The van der Waals surface area contributed by atoms with Crippen molar-refractivity contribution < 1.29 is 26.7 Å². The van der Waals surface area contributed by atoms with Crippen molar-refractivity contribution in [2.45, 2.75) is 19.4 Å². The maximum absolute atomic E-state index is 14.2. The number of halogens is 2. The Labute approximate surface area is 127 Å². The first kappa shape index (κ1) is 16.7. The van der Waals surface area contributed by atoms with Gasteiger partial charge in [-0.1, -0.05) is 0 Å². The van der Waals surface area contributed by atoms with Gasteiger partial charge >= 0.3 is 0 Å². The maximum Gasteiger partial charge on any atom is 0.257 e. The highest BCUT2D eigenvalue weighted by atomic mass is 32.2. The Balaban J connectivity index is 2.34. The summed E-state index contributed by atoms with van der Waals surface area (Å²) in [6.07, 6.45) is 0.321. The van der Waals surface area contributed by atoms with Gasteiger partial charge in [-0.2, -0.15) is 0 Å². The van der Waals surface area contributed by atoms with E-state index in [0.29, 0.717) is 6.42 Å². The summed E-state index contributed by atoms with van der Waals surface area (Å²) in [7, 11) is -2.06. The number of benzene rings is 1. The predicted molar refractivity (Wildman–Crippen MR) is 76.7 cm³/mol. The van der Waals surface area contributed by atoms with E-state index >= 15 is 0 Å². The minimum atomic E-state index is -3.17. The van der Waals surface area contributed by atoms with Crippen LogP contribution >= 0.6 is 0 Å². The van der Waals surface area contributed by atoms with Crippen LogP contribution in [0.3, 0.4) is 0 Å². The van der Waals surface area contributed by atoms with Crippen LogP contribution in [0.15, 0.2) is 12.1 Å². The van der Waals surface area contributed by atoms with Crippen LogP contribution in [0.2, 0.25) is 0 Å². The first-order valence-electron chi connectivity index (χ1n) is 6.84. The minimum absolute atomic E-state index is 0.0106. The zero-order valence-corrected chi connectivity index (χ0v) is 13.1. The van der Waals surface area contributed by atoms with Gasteiger partial charge in [-0.3, -0.25) is 4.79 Å². The first-order chi connectivity index (χ1) is 10.3. The fraction of sp³-hybridized carbons (Fsp3) is 0.500. The molecular formula is C14H17F2NO4S. The van der Waals surface area contributed by atoms with E-state index in [1.54, 1.807) is 6.92 Å². The molecule has 1 heterocycles. The van der Waals surface area contributed by atoms with E-state index in [4.69, 9.17) is 0 Å². The standard InChI is InChI=1S/C14H17F2NO4S/c1-3-17(9-6-7-22(19,20)8-9)14(18)10-4-5-11(15)13(21-2)12(10)16/h4-5,9H,3,6-8H2,1-2H3/t9-/m0/s1. The zero-order chi connectivity index (χ0) is 16.5. The summed E-state index contributed by atoms with van der Waals surface area (Å²) in [5.74, 6) is -3.39. The molecule has 22 heavy (non-hydrogen) atoms. The molecule has 1 atom stereocenters. The summed E-state index contributed by atoms with van der Waals surface area (Å²) in [6.45, 7) is 1.92. The Bertz CT molecular complexity index is 690. The molecule has 2 rings (SSSR count). The average Bonchev–Trinajstić information content (AvgIpc) is 2.80. The van der Waals surface area contributed by atoms with Crippen molar-refractivity contribution in [1.82, 2.24) is 4.90 Å². The van der Waals surface area contributed by atoms with Crippen LogP contribution in [0.1, 0.15) is 23.7 Å². The lowest BCUT2D eigenvalue weighted by molar-refractivity contribution is 0.0702. The highest BCUT2D eigenvalue weighted by molar-refractivity contribution is 7.91. The summed E-state index contributed by atoms with van der Waals surface area (Å²) in [4.78, 5) is 13.8. The van der Waals surface area contributed by atoms with Gasteiger partial charge in [0.15, 0.2) is 27.2 Å². The number of carbonyl (C=O) groups excluding carboxylic acids is 1. The molecule has 1 amide bonds. The number of ether oxygens (including phenoxy) is 1. The van der Waals surface area contributed by atoms with Crippen LogP contribution in [0, 0.1) is 11.6 Å². The molecule has 1 aliphatic heterocycles. The summed E-state index contributed by atoms with van der Waals surface area (Å²) in [6, 6.07) is 1.51. The Kier molecular flexibility index (Phi) is 4.69. The van der Waals surface area contributed by atoms with Gasteiger partial charge in [-0.25, -0.2) is 17.2 Å². The van der Waals surface area contributed by atoms with Crippen LogP contribution in [0.4, 0.5) is 8.78 Å². The number of carbonyl (C=O) groups is 1. The van der Waals surface area contributed by atoms with Gasteiger partial charge < -0.3 is 9.64 Å². The van der Waals surface area contributed by atoms with Gasteiger partial charge in [0, 0.05) is 12.6 Å². The van der Waals surface area contributed by atoms with Crippen molar-refractivity contribution in [2.24, 2.45) is 0 Å². The Morgan fingerprint density at radius 2 is 2.09 bits per heavy atom. The number of nitrogens with zero attached hydrogens (tertiary/aromatic N) is 1. The SMILES string of the molecule is CCN(C(=O)c1ccc(F)c(OC)c1F)[C@H]1CCS(=O)(=O)C1. The molecule has 0 N–H and O–H groups in total. The van der Waals surface area contributed by atoms with Crippen LogP contribution in [-0.4, -0.2) is 50.4 Å². The molecule has 0 aliphatic carbocycles. The van der Waals surface area contributed by atoms with Gasteiger partial charge in [0.25, 0.3) is 5.91 Å². The highest BCUT2D eigenvalue weighted by Crippen LogP contribution is 2.27. The third-order valence-corrected chi connectivity index (χ3v) is 5.48. The number of amides is 1. The normalized spacial score (nSPS) is 19.9. The molecule has 0 spiro atoms. The molecule has 0 bridgehead atoms. The van der Waals surface area contributed by atoms with Gasteiger partial charge in [-0.05, 0) is 25.5 Å². The molecule has 8 heteroatoms. The van der Waals surface area contributed by atoms with Crippen molar-refractivity contribution in [2.75, 3.05) is 25.2 Å². The fourth-order valence-corrected chi connectivity index (χ4v) is 4.36. The van der Waals surface area contributed by atoms with Crippen molar-refractivity contribution in [3.05, 3.63) is 29.3 Å². The van der Waals surface area contributed by atoms with E-state index in [1.807, 2.05) is 0 Å². The molecule has 0 saturated carbocycles. The average molecular weight is 333 g/mol. The highest BCUT2D eigenvalue weighted by Gasteiger charge is 2.35. The van der Waals surface area contributed by atoms with Gasteiger partial charge in [0.2, 0.25) is 0 Å². The lowest BCUT2D eigenvalue weighted by atomic mass is 10.1. The van der Waals surface area contributed by atoms with Crippen molar-refractivity contribution in [1.29, 1.82) is 0 Å². The van der Waals surface area contributed by atoms with Crippen molar-refractivity contribution in [3.63, 3.8) is 0 Å². The minimum Gasteiger partial charge on any atom is -0.491 e. The molecular weight excluding hydrogens is 316 g/mol. The molecule has 1 fully saturated rings. The molecule has 1 aliphatic rings. The van der Waals surface area contributed by atoms with Crippen molar-refractivity contribution in [3.8, 4) is 5.75 Å². The fourth-order valence-electron chi connectivity index (χ4n) is 2.63. The first-order valence-corrected chi connectivity index (χ1v) is 8.66. The smallest absolute Gasteiger partial charge is 0.257 e. The van der Waals surface area contributed by atoms with E-state index in [9.17, 15) is 22.0 Å². The van der Waals surface area contributed by atoms with Crippen LogP contribution in [-0.2, 0) is 9.84 Å². The van der Waals surface area contributed by atoms with Crippen LogP contribution in [0.5, 0.6) is 5.75 Å². The number of sulfone groups is 1. The molecule has 1 aromatic carbocycles. The van der Waals surface area contributed by atoms with Crippen molar-refractivity contribution >= 4 is 15.7 Å². The summed E-state index contributed by atoms with van der Waals surface area (Å²) < 4.78 is 55.3. The monoisotopic (exact) mass is 333 g/mol. The van der Waals surface area contributed by atoms with Gasteiger partial charge in [0.1, 0.15) is 0 Å². The molecule has 0 unspecified atom stereocenters. The van der Waals surface area contributed by atoms with Gasteiger partial charge in [0.05, 0.1) is 24.2 Å².